The van der Waals surface area contributed by atoms with Gasteiger partial charge in [-0.2, -0.15) is 0 Å². The lowest BCUT2D eigenvalue weighted by atomic mass is 9.92. The van der Waals surface area contributed by atoms with Crippen molar-refractivity contribution in [3.05, 3.63) is 179 Å². The maximum atomic E-state index is 6.87. The summed E-state index contributed by atoms with van der Waals surface area (Å²) >= 11 is 0. The lowest BCUT2D eigenvalue weighted by Crippen LogP contribution is -2.13. The maximum Gasteiger partial charge on any atom is 0.123 e. The summed E-state index contributed by atoms with van der Waals surface area (Å²) < 4.78 is 2.41. The van der Waals surface area contributed by atoms with E-state index in [2.05, 4.69) is 144 Å². The Kier molecular flexibility index (Phi) is 6.58. The Hall–Kier alpha value is -5.77. The van der Waals surface area contributed by atoms with Crippen molar-refractivity contribution in [2.24, 2.45) is 10.7 Å². The Bertz CT molecular complexity index is 2520. The fraction of sp³-hybridized carbons (Fsp3) is 0.0682. The van der Waals surface area contributed by atoms with Crippen molar-refractivity contribution in [2.75, 3.05) is 0 Å². The van der Waals surface area contributed by atoms with Crippen LogP contribution in [-0.2, 0) is 6.42 Å². The molecule has 1 atom stereocenters. The lowest BCUT2D eigenvalue weighted by Gasteiger charge is -2.15. The van der Waals surface area contributed by atoms with E-state index < -0.39 is 6.17 Å². The minimum atomic E-state index is -0.523. The summed E-state index contributed by atoms with van der Waals surface area (Å²) in [6.45, 7) is 0. The van der Waals surface area contributed by atoms with Gasteiger partial charge in [-0.3, -0.25) is 4.99 Å². The Labute approximate surface area is 273 Å². The molecule has 1 aliphatic carbocycles. The van der Waals surface area contributed by atoms with Crippen molar-refractivity contribution in [3.63, 3.8) is 0 Å². The Morgan fingerprint density at radius 2 is 1.32 bits per heavy atom. The molecular formula is C44H33N3. The number of benzene rings is 7. The van der Waals surface area contributed by atoms with Gasteiger partial charge in [0.25, 0.3) is 0 Å². The van der Waals surface area contributed by atoms with Crippen LogP contribution in [0.1, 0.15) is 40.4 Å². The molecule has 1 aliphatic rings. The monoisotopic (exact) mass is 603 g/mol. The predicted octanol–water partition coefficient (Wildman–Crippen LogP) is 10.5. The third kappa shape index (κ3) is 4.67. The average molecular weight is 604 g/mol. The summed E-state index contributed by atoms with van der Waals surface area (Å²) in [5.74, 6) is 0. The highest BCUT2D eigenvalue weighted by Crippen LogP contribution is 2.41. The molecular weight excluding hydrogens is 571 g/mol. The predicted molar refractivity (Wildman–Crippen MR) is 199 cm³/mol. The standard InChI is InChI=1S/C44H33N3/c45-44(46-43(32-13-2-1-3-14-32)35-19-18-29-10-4-5-15-34(29)28-35)33-20-24-36(25-21-33)47-39-26-22-30-11-6-8-16-37(30)41(39)42-38-17-9-7-12-31(38)23-27-40(42)47/h1-6,8-11,13-28,44H,7,12,45H2/b46-43+. The topological polar surface area (TPSA) is 43.3 Å². The molecule has 0 spiro atoms. The first-order valence-electron chi connectivity index (χ1n) is 16.4. The van der Waals surface area contributed by atoms with Crippen LogP contribution in [0.2, 0.25) is 0 Å². The van der Waals surface area contributed by atoms with Crippen molar-refractivity contribution in [1.29, 1.82) is 0 Å². The minimum Gasteiger partial charge on any atom is -0.309 e. The first-order chi connectivity index (χ1) is 23.2. The number of rotatable bonds is 5. The highest BCUT2D eigenvalue weighted by Gasteiger charge is 2.20. The van der Waals surface area contributed by atoms with E-state index in [4.69, 9.17) is 10.7 Å². The van der Waals surface area contributed by atoms with Gasteiger partial charge >= 0.3 is 0 Å². The molecule has 3 nitrogen and oxygen atoms in total. The summed E-state index contributed by atoms with van der Waals surface area (Å²) in [5.41, 5.74) is 17.1. The summed E-state index contributed by atoms with van der Waals surface area (Å²) in [5, 5.41) is 7.58. The second kappa shape index (κ2) is 11.2. The number of allylic oxidation sites excluding steroid dienone is 1. The maximum absolute atomic E-state index is 6.87. The smallest absolute Gasteiger partial charge is 0.123 e. The fourth-order valence-electron chi connectivity index (χ4n) is 7.35. The molecule has 0 radical (unpaired) electrons. The van der Waals surface area contributed by atoms with Crippen LogP contribution in [0.25, 0.3) is 55.1 Å². The van der Waals surface area contributed by atoms with Gasteiger partial charge in [-0.25, -0.2) is 0 Å². The highest BCUT2D eigenvalue weighted by molar-refractivity contribution is 6.23. The summed E-state index contributed by atoms with van der Waals surface area (Å²) in [6, 6.07) is 51.8. The van der Waals surface area contributed by atoms with E-state index in [9.17, 15) is 0 Å². The molecule has 0 saturated carbocycles. The van der Waals surface area contributed by atoms with E-state index in [1.54, 1.807) is 0 Å². The second-order valence-electron chi connectivity index (χ2n) is 12.4. The molecule has 0 fully saturated rings. The van der Waals surface area contributed by atoms with Crippen LogP contribution >= 0.6 is 0 Å². The number of fused-ring (bicyclic) bond motifs is 8. The molecule has 0 amide bonds. The number of nitrogens with zero attached hydrogens (tertiary/aromatic N) is 2. The SMILES string of the molecule is NC(/N=C(\c1ccccc1)c1ccc2ccccc2c1)c1ccc(-n2c3ccc4c(c3c3c5ccccc5ccc32)C=CCC4)cc1. The van der Waals surface area contributed by atoms with Crippen LogP contribution in [0.3, 0.4) is 0 Å². The number of nitrogens with two attached hydrogens (primary N) is 1. The zero-order valence-corrected chi connectivity index (χ0v) is 26.0. The van der Waals surface area contributed by atoms with Gasteiger partial charge in [0, 0.05) is 27.6 Å². The molecule has 224 valence electrons. The van der Waals surface area contributed by atoms with E-state index in [0.717, 1.165) is 40.9 Å². The zero-order valence-electron chi connectivity index (χ0n) is 26.0. The molecule has 1 heterocycles. The van der Waals surface area contributed by atoms with E-state index in [-0.39, 0.29) is 0 Å². The average Bonchev–Trinajstić information content (AvgIpc) is 3.49. The quantitative estimate of drug-likeness (QED) is 0.195. The van der Waals surface area contributed by atoms with Crippen LogP contribution in [0, 0.1) is 0 Å². The molecule has 3 heteroatoms. The summed E-state index contributed by atoms with van der Waals surface area (Å²) in [7, 11) is 0. The third-order valence-electron chi connectivity index (χ3n) is 9.65. The molecule has 9 rings (SSSR count). The number of hydrogen-bond donors (Lipinski definition) is 1. The van der Waals surface area contributed by atoms with Gasteiger partial charge in [-0.15, -0.1) is 0 Å². The van der Waals surface area contributed by atoms with E-state index in [1.807, 2.05) is 18.2 Å². The van der Waals surface area contributed by atoms with Crippen LogP contribution < -0.4 is 5.73 Å². The lowest BCUT2D eigenvalue weighted by molar-refractivity contribution is 0.776. The number of aryl methyl sites for hydroxylation is 1. The van der Waals surface area contributed by atoms with Crippen molar-refractivity contribution in [3.8, 4) is 5.69 Å². The molecule has 1 unspecified atom stereocenters. The number of aliphatic imine (C=N–C) groups is 1. The van der Waals surface area contributed by atoms with Crippen LogP contribution in [-0.4, -0.2) is 10.3 Å². The number of aromatic nitrogens is 1. The first-order valence-corrected chi connectivity index (χ1v) is 16.4. The van der Waals surface area contributed by atoms with Crippen LogP contribution in [0.4, 0.5) is 0 Å². The highest BCUT2D eigenvalue weighted by atomic mass is 15.0. The minimum absolute atomic E-state index is 0.523. The Morgan fingerprint density at radius 1 is 0.617 bits per heavy atom. The molecule has 2 N–H and O–H groups in total. The van der Waals surface area contributed by atoms with Crippen LogP contribution in [0.15, 0.2) is 157 Å². The van der Waals surface area contributed by atoms with Crippen LogP contribution in [0.5, 0.6) is 0 Å². The largest absolute Gasteiger partial charge is 0.309 e. The summed E-state index contributed by atoms with van der Waals surface area (Å²) in [6.07, 6.45) is 6.29. The first kappa shape index (κ1) is 27.5. The molecule has 1 aromatic heterocycles. The molecule has 0 aliphatic heterocycles. The molecule has 7 aromatic carbocycles. The van der Waals surface area contributed by atoms with Gasteiger partial charge < -0.3 is 10.3 Å². The third-order valence-corrected chi connectivity index (χ3v) is 9.65. The van der Waals surface area contributed by atoms with E-state index >= 15 is 0 Å². The van der Waals surface area contributed by atoms with E-state index in [0.29, 0.717) is 0 Å². The van der Waals surface area contributed by atoms with Crippen molar-refractivity contribution in [2.45, 2.75) is 19.0 Å². The Balaban J connectivity index is 1.17. The molecule has 0 bridgehead atoms. The summed E-state index contributed by atoms with van der Waals surface area (Å²) in [4.78, 5) is 5.15. The Morgan fingerprint density at radius 3 is 2.17 bits per heavy atom. The van der Waals surface area contributed by atoms with Gasteiger partial charge in [0.2, 0.25) is 0 Å². The normalized spacial score (nSPS) is 13.9. The van der Waals surface area contributed by atoms with Crippen molar-refractivity contribution >= 4 is 55.1 Å². The molecule has 0 saturated heterocycles. The second-order valence-corrected chi connectivity index (χ2v) is 12.4. The zero-order chi connectivity index (χ0) is 31.3. The van der Waals surface area contributed by atoms with Gasteiger partial charge in [0.15, 0.2) is 0 Å². The molecule has 47 heavy (non-hydrogen) atoms. The van der Waals surface area contributed by atoms with Gasteiger partial charge in [0.05, 0.1) is 16.7 Å². The molecule has 8 aromatic rings. The van der Waals surface area contributed by atoms with Gasteiger partial charge in [0.1, 0.15) is 6.17 Å². The van der Waals surface area contributed by atoms with Crippen molar-refractivity contribution < 1.29 is 0 Å². The fourth-order valence-corrected chi connectivity index (χ4v) is 7.35. The number of hydrogen-bond acceptors (Lipinski definition) is 2. The van der Waals surface area contributed by atoms with Gasteiger partial charge in [-0.05, 0) is 81.4 Å². The van der Waals surface area contributed by atoms with Gasteiger partial charge in [-0.1, -0.05) is 127 Å². The van der Waals surface area contributed by atoms with E-state index in [1.165, 1.54) is 54.5 Å². The van der Waals surface area contributed by atoms with Crippen molar-refractivity contribution in [1.82, 2.24) is 4.57 Å².